The second-order valence-electron chi connectivity index (χ2n) is 5.05. The molecule has 0 aromatic carbocycles. The zero-order valence-electron chi connectivity index (χ0n) is 9.25. The zero-order valence-corrected chi connectivity index (χ0v) is 9.25. The van der Waals surface area contributed by atoms with Crippen LogP contribution in [0.25, 0.3) is 0 Å². The maximum Gasteiger partial charge on any atom is 0.334 e. The van der Waals surface area contributed by atoms with Crippen LogP contribution in [0.15, 0.2) is 0 Å². The van der Waals surface area contributed by atoms with Gasteiger partial charge in [0.05, 0.1) is 7.11 Å². The predicted molar refractivity (Wildman–Crippen MR) is 53.8 cm³/mol. The normalized spacial score (nSPS) is 27.3. The van der Waals surface area contributed by atoms with Gasteiger partial charge in [0.25, 0.3) is 0 Å². The number of ether oxygens (including phenoxy) is 1. The van der Waals surface area contributed by atoms with Crippen molar-refractivity contribution < 1.29 is 14.6 Å². The molecule has 1 rings (SSSR count). The van der Waals surface area contributed by atoms with Crippen LogP contribution >= 0.6 is 0 Å². The Kier molecular flexibility index (Phi) is 3.53. The van der Waals surface area contributed by atoms with Crippen LogP contribution in [-0.2, 0) is 9.53 Å². The topological polar surface area (TPSA) is 46.5 Å². The van der Waals surface area contributed by atoms with E-state index in [1.807, 2.05) is 0 Å². The van der Waals surface area contributed by atoms with Gasteiger partial charge in [-0.15, -0.1) is 0 Å². The Morgan fingerprint density at radius 2 is 2.29 bits per heavy atom. The van der Waals surface area contributed by atoms with Crippen molar-refractivity contribution in [3.63, 3.8) is 0 Å². The molecule has 2 atom stereocenters. The Balaban J connectivity index is 2.36. The fraction of sp³-hybridized carbons (Fsp3) is 0.909. The second kappa shape index (κ2) is 4.30. The van der Waals surface area contributed by atoms with Gasteiger partial charge in [-0.3, -0.25) is 0 Å². The third-order valence-electron chi connectivity index (χ3n) is 3.10. The van der Waals surface area contributed by atoms with Crippen LogP contribution in [0.3, 0.4) is 0 Å². The first-order valence-electron chi connectivity index (χ1n) is 5.20. The van der Waals surface area contributed by atoms with Crippen LogP contribution in [0.1, 0.15) is 39.5 Å². The van der Waals surface area contributed by atoms with E-state index in [1.165, 1.54) is 13.5 Å². The lowest BCUT2D eigenvalue weighted by atomic mass is 9.89. The molecule has 1 fully saturated rings. The van der Waals surface area contributed by atoms with Crippen LogP contribution in [0.4, 0.5) is 0 Å². The minimum Gasteiger partial charge on any atom is -0.467 e. The summed E-state index contributed by atoms with van der Waals surface area (Å²) in [5.41, 5.74) is 0.376. The van der Waals surface area contributed by atoms with Gasteiger partial charge in [0.1, 0.15) is 0 Å². The highest BCUT2D eigenvalue weighted by Gasteiger charge is 2.33. The molecule has 3 heteroatoms. The Morgan fingerprint density at radius 3 is 2.71 bits per heavy atom. The van der Waals surface area contributed by atoms with E-state index >= 15 is 0 Å². The van der Waals surface area contributed by atoms with Crippen LogP contribution in [0.2, 0.25) is 0 Å². The van der Waals surface area contributed by atoms with Gasteiger partial charge in [-0.2, -0.15) is 0 Å². The summed E-state index contributed by atoms with van der Waals surface area (Å²) in [6.45, 7) is 4.47. The summed E-state index contributed by atoms with van der Waals surface area (Å²) in [7, 11) is 1.31. The highest BCUT2D eigenvalue weighted by atomic mass is 16.5. The number of methoxy groups -OCH3 is 1. The summed E-state index contributed by atoms with van der Waals surface area (Å²) in [6.07, 6.45) is 3.02. The SMILES string of the molecule is COC(=O)C(O)CC1CCC(C)(C)C1. The van der Waals surface area contributed by atoms with Crippen LogP contribution in [-0.4, -0.2) is 24.3 Å². The lowest BCUT2D eigenvalue weighted by molar-refractivity contribution is -0.151. The Hall–Kier alpha value is -0.570. The Morgan fingerprint density at radius 1 is 1.64 bits per heavy atom. The quantitative estimate of drug-likeness (QED) is 0.706. The molecule has 82 valence electrons. The average Bonchev–Trinajstić information content (AvgIpc) is 2.44. The largest absolute Gasteiger partial charge is 0.467 e. The van der Waals surface area contributed by atoms with Gasteiger partial charge in [0, 0.05) is 0 Å². The molecule has 0 aliphatic heterocycles. The third-order valence-corrected chi connectivity index (χ3v) is 3.10. The van der Waals surface area contributed by atoms with Gasteiger partial charge < -0.3 is 9.84 Å². The van der Waals surface area contributed by atoms with E-state index in [9.17, 15) is 9.90 Å². The molecule has 14 heavy (non-hydrogen) atoms. The standard InChI is InChI=1S/C11H20O3/c1-11(2)5-4-8(7-11)6-9(12)10(13)14-3/h8-9,12H,4-7H2,1-3H3. The number of rotatable bonds is 3. The minimum absolute atomic E-state index is 0.376. The molecule has 0 amide bonds. The number of carbonyl (C=O) groups excluding carboxylic acids is 1. The van der Waals surface area contributed by atoms with E-state index in [0.29, 0.717) is 17.8 Å². The number of hydrogen-bond donors (Lipinski definition) is 1. The first-order chi connectivity index (χ1) is 6.44. The Bertz CT molecular complexity index is 211. The maximum atomic E-state index is 11.0. The van der Waals surface area contributed by atoms with E-state index in [-0.39, 0.29) is 0 Å². The minimum atomic E-state index is -0.932. The smallest absolute Gasteiger partial charge is 0.334 e. The van der Waals surface area contributed by atoms with Gasteiger partial charge in [-0.25, -0.2) is 4.79 Å². The number of aliphatic hydroxyl groups excluding tert-OH is 1. The van der Waals surface area contributed by atoms with Gasteiger partial charge >= 0.3 is 5.97 Å². The number of esters is 1. The molecule has 1 N–H and O–H groups in total. The molecular formula is C11H20O3. The Labute approximate surface area is 85.5 Å². The summed E-state index contributed by atoms with van der Waals surface area (Å²) in [5, 5.41) is 9.47. The van der Waals surface area contributed by atoms with E-state index in [0.717, 1.165) is 12.8 Å². The molecule has 3 nitrogen and oxygen atoms in total. The van der Waals surface area contributed by atoms with Gasteiger partial charge in [-0.05, 0) is 37.0 Å². The van der Waals surface area contributed by atoms with Crippen molar-refractivity contribution in [1.29, 1.82) is 0 Å². The molecule has 0 aromatic heterocycles. The summed E-state index contributed by atoms with van der Waals surface area (Å²) >= 11 is 0. The lowest BCUT2D eigenvalue weighted by Gasteiger charge is -2.18. The van der Waals surface area contributed by atoms with E-state index < -0.39 is 12.1 Å². The first-order valence-corrected chi connectivity index (χ1v) is 5.20. The molecule has 0 bridgehead atoms. The zero-order chi connectivity index (χ0) is 10.8. The summed E-state index contributed by atoms with van der Waals surface area (Å²) < 4.78 is 4.49. The molecule has 0 aromatic rings. The third kappa shape index (κ3) is 2.98. The van der Waals surface area contributed by atoms with Crippen LogP contribution < -0.4 is 0 Å². The van der Waals surface area contributed by atoms with Crippen molar-refractivity contribution >= 4 is 5.97 Å². The highest BCUT2D eigenvalue weighted by Crippen LogP contribution is 2.42. The van der Waals surface area contributed by atoms with Gasteiger partial charge in [0.15, 0.2) is 6.10 Å². The van der Waals surface area contributed by atoms with Crippen molar-refractivity contribution in [1.82, 2.24) is 0 Å². The molecule has 0 saturated heterocycles. The molecule has 2 unspecified atom stereocenters. The fourth-order valence-corrected chi connectivity index (χ4v) is 2.33. The maximum absolute atomic E-state index is 11.0. The van der Waals surface area contributed by atoms with Crippen molar-refractivity contribution in [2.45, 2.75) is 45.6 Å². The molecule has 1 saturated carbocycles. The molecular weight excluding hydrogens is 180 g/mol. The van der Waals surface area contributed by atoms with Crippen molar-refractivity contribution in [2.24, 2.45) is 11.3 Å². The summed E-state index contributed by atoms with van der Waals surface area (Å²) in [6, 6.07) is 0. The number of hydrogen-bond acceptors (Lipinski definition) is 3. The van der Waals surface area contributed by atoms with E-state index in [1.54, 1.807) is 0 Å². The summed E-state index contributed by atoms with van der Waals surface area (Å²) in [5.74, 6) is -0.0335. The van der Waals surface area contributed by atoms with Crippen molar-refractivity contribution in [2.75, 3.05) is 7.11 Å². The van der Waals surface area contributed by atoms with Crippen molar-refractivity contribution in [3.05, 3.63) is 0 Å². The highest BCUT2D eigenvalue weighted by molar-refractivity contribution is 5.74. The van der Waals surface area contributed by atoms with E-state index in [4.69, 9.17) is 0 Å². The van der Waals surface area contributed by atoms with Crippen LogP contribution in [0.5, 0.6) is 0 Å². The predicted octanol–water partition coefficient (Wildman–Crippen LogP) is 1.74. The molecule has 1 aliphatic rings. The van der Waals surface area contributed by atoms with Gasteiger partial charge in [-0.1, -0.05) is 13.8 Å². The first kappa shape index (κ1) is 11.5. The van der Waals surface area contributed by atoms with E-state index in [2.05, 4.69) is 18.6 Å². The van der Waals surface area contributed by atoms with Gasteiger partial charge in [0.2, 0.25) is 0 Å². The number of carbonyl (C=O) groups is 1. The number of aliphatic hydroxyl groups is 1. The van der Waals surface area contributed by atoms with Crippen LogP contribution in [0, 0.1) is 11.3 Å². The average molecular weight is 200 g/mol. The molecule has 0 spiro atoms. The van der Waals surface area contributed by atoms with Crippen molar-refractivity contribution in [3.8, 4) is 0 Å². The summed E-state index contributed by atoms with van der Waals surface area (Å²) in [4.78, 5) is 11.0. The molecule has 0 radical (unpaired) electrons. The fourth-order valence-electron chi connectivity index (χ4n) is 2.33. The molecule has 1 aliphatic carbocycles. The lowest BCUT2D eigenvalue weighted by Crippen LogP contribution is -2.24. The molecule has 0 heterocycles. The second-order valence-corrected chi connectivity index (χ2v) is 5.05. The monoisotopic (exact) mass is 200 g/mol.